The van der Waals surface area contributed by atoms with Gasteiger partial charge in [-0.2, -0.15) is 0 Å². The van der Waals surface area contributed by atoms with Crippen molar-refractivity contribution in [2.45, 2.75) is 83.6 Å². The average Bonchev–Trinajstić information content (AvgIpc) is 3.35. The molecular formula is C49H50N2. The molecule has 0 spiro atoms. The number of rotatable bonds is 6. The summed E-state index contributed by atoms with van der Waals surface area (Å²) in [6.45, 7) is 14.4. The number of aryl methyl sites for hydroxylation is 1. The van der Waals surface area contributed by atoms with E-state index in [0.29, 0.717) is 0 Å². The Bertz CT molecular complexity index is 2110. The molecule has 0 radical (unpaired) electrons. The molecule has 0 amide bonds. The van der Waals surface area contributed by atoms with Crippen molar-refractivity contribution in [3.63, 3.8) is 0 Å². The number of nitrogens with zero attached hydrogens (tertiary/aromatic N) is 2. The van der Waals surface area contributed by atoms with Gasteiger partial charge >= 0.3 is 0 Å². The summed E-state index contributed by atoms with van der Waals surface area (Å²) in [5.41, 5.74) is 15.3. The average molecular weight is 667 g/mol. The summed E-state index contributed by atoms with van der Waals surface area (Å²) >= 11 is 0. The SMILES string of the molecule is Cc1cc(N(c2cccc(-c3ccccc3)c2)c2cccc(-c3ccccc3)c2)cc(N2c3ccc(C(C)(C)C)cc3C3(C)CCCCC23C)c1. The summed E-state index contributed by atoms with van der Waals surface area (Å²) in [6, 6.07) is 54.0. The van der Waals surface area contributed by atoms with E-state index in [1.54, 1.807) is 0 Å². The standard InChI is InChI=1S/C49H50N2/c1-35-29-43(34-44(30-35)51-46-26-25-40(47(2,3)4)33-45(46)48(5)27-13-14-28-49(48,51)6)50(41-23-15-21-38(31-41)36-17-9-7-10-18-36)42-24-16-22-39(32-42)37-19-11-8-12-20-37/h7-12,15-26,29-34H,13-14,27-28H2,1-6H3. The minimum absolute atomic E-state index is 0.0273. The highest BCUT2D eigenvalue weighted by atomic mass is 15.3. The van der Waals surface area contributed by atoms with E-state index in [9.17, 15) is 0 Å². The minimum atomic E-state index is -0.0273. The monoisotopic (exact) mass is 666 g/mol. The predicted molar refractivity (Wildman–Crippen MR) is 218 cm³/mol. The molecule has 256 valence electrons. The maximum absolute atomic E-state index is 2.73. The molecule has 51 heavy (non-hydrogen) atoms. The van der Waals surface area contributed by atoms with Crippen molar-refractivity contribution >= 4 is 28.4 Å². The van der Waals surface area contributed by atoms with Crippen LogP contribution in [0.15, 0.2) is 146 Å². The second kappa shape index (κ2) is 12.6. The van der Waals surface area contributed by atoms with Gasteiger partial charge in [-0.05, 0) is 120 Å². The molecule has 0 saturated heterocycles. The summed E-state index contributed by atoms with van der Waals surface area (Å²) in [4.78, 5) is 5.18. The first-order valence-corrected chi connectivity index (χ1v) is 18.7. The van der Waals surface area contributed by atoms with Crippen LogP contribution < -0.4 is 9.80 Å². The molecule has 1 fully saturated rings. The zero-order valence-electron chi connectivity index (χ0n) is 31.1. The highest BCUT2D eigenvalue weighted by Crippen LogP contribution is 2.61. The Balaban J connectivity index is 1.32. The van der Waals surface area contributed by atoms with E-state index < -0.39 is 0 Å². The Labute approximate surface area is 305 Å². The summed E-state index contributed by atoms with van der Waals surface area (Å²) in [7, 11) is 0. The van der Waals surface area contributed by atoms with Crippen LogP contribution in [-0.2, 0) is 10.8 Å². The van der Waals surface area contributed by atoms with Gasteiger partial charge in [0.15, 0.2) is 0 Å². The predicted octanol–water partition coefficient (Wildman–Crippen LogP) is 13.8. The summed E-state index contributed by atoms with van der Waals surface area (Å²) in [5.74, 6) is 0. The van der Waals surface area contributed by atoms with Crippen molar-refractivity contribution in [1.82, 2.24) is 0 Å². The number of hydrogen-bond donors (Lipinski definition) is 0. The lowest BCUT2D eigenvalue weighted by Gasteiger charge is -2.50. The molecule has 0 bridgehead atoms. The van der Waals surface area contributed by atoms with Gasteiger partial charge < -0.3 is 9.80 Å². The first-order valence-electron chi connectivity index (χ1n) is 18.7. The maximum Gasteiger partial charge on any atom is 0.0517 e. The highest BCUT2D eigenvalue weighted by Gasteiger charge is 2.57. The molecule has 2 heteroatoms. The summed E-state index contributed by atoms with van der Waals surface area (Å²) < 4.78 is 0. The lowest BCUT2D eigenvalue weighted by atomic mass is 9.61. The molecule has 8 rings (SSSR count). The van der Waals surface area contributed by atoms with Gasteiger partial charge in [-0.1, -0.05) is 138 Å². The second-order valence-electron chi connectivity index (χ2n) is 16.3. The van der Waals surface area contributed by atoms with Crippen molar-refractivity contribution in [1.29, 1.82) is 0 Å². The Morgan fingerprint density at radius 2 is 1.12 bits per heavy atom. The van der Waals surface area contributed by atoms with Crippen LogP contribution >= 0.6 is 0 Å². The number of fused-ring (bicyclic) bond motifs is 3. The van der Waals surface area contributed by atoms with Crippen LogP contribution in [-0.4, -0.2) is 5.54 Å². The summed E-state index contributed by atoms with van der Waals surface area (Å²) in [5, 5.41) is 0. The van der Waals surface area contributed by atoms with E-state index in [-0.39, 0.29) is 16.4 Å². The molecule has 1 aliphatic heterocycles. The van der Waals surface area contributed by atoms with Crippen molar-refractivity contribution in [3.05, 3.63) is 162 Å². The van der Waals surface area contributed by atoms with Gasteiger partial charge in [0, 0.05) is 33.9 Å². The summed E-state index contributed by atoms with van der Waals surface area (Å²) in [6.07, 6.45) is 4.92. The molecule has 2 nitrogen and oxygen atoms in total. The Morgan fingerprint density at radius 1 is 0.549 bits per heavy atom. The molecular weight excluding hydrogens is 617 g/mol. The third-order valence-corrected chi connectivity index (χ3v) is 12.0. The van der Waals surface area contributed by atoms with Crippen LogP contribution in [0.5, 0.6) is 0 Å². The molecule has 0 aromatic heterocycles. The lowest BCUT2D eigenvalue weighted by Crippen LogP contribution is -2.54. The molecule has 6 aromatic rings. The number of hydrogen-bond acceptors (Lipinski definition) is 2. The van der Waals surface area contributed by atoms with E-state index in [1.165, 1.54) is 81.7 Å². The van der Waals surface area contributed by atoms with Gasteiger partial charge in [0.25, 0.3) is 0 Å². The molecule has 2 unspecified atom stereocenters. The molecule has 0 N–H and O–H groups in total. The van der Waals surface area contributed by atoms with E-state index in [0.717, 1.165) is 11.4 Å². The van der Waals surface area contributed by atoms with Gasteiger partial charge in [0.1, 0.15) is 0 Å². The van der Waals surface area contributed by atoms with E-state index >= 15 is 0 Å². The Kier molecular flexibility index (Phi) is 8.18. The molecule has 1 saturated carbocycles. The molecule has 1 heterocycles. The maximum atomic E-state index is 2.73. The highest BCUT2D eigenvalue weighted by molar-refractivity contribution is 5.86. The fourth-order valence-electron chi connectivity index (χ4n) is 8.96. The van der Waals surface area contributed by atoms with Crippen LogP contribution in [0.2, 0.25) is 0 Å². The van der Waals surface area contributed by atoms with Crippen LogP contribution in [0.4, 0.5) is 28.4 Å². The minimum Gasteiger partial charge on any atom is -0.334 e. The first-order chi connectivity index (χ1) is 24.5. The number of benzene rings is 6. The fraction of sp³-hybridized carbons (Fsp3) is 0.265. The Morgan fingerprint density at radius 3 is 1.71 bits per heavy atom. The molecule has 6 aromatic carbocycles. The zero-order valence-corrected chi connectivity index (χ0v) is 31.1. The fourth-order valence-corrected chi connectivity index (χ4v) is 8.96. The largest absolute Gasteiger partial charge is 0.334 e. The topological polar surface area (TPSA) is 6.48 Å². The third-order valence-electron chi connectivity index (χ3n) is 12.0. The van der Waals surface area contributed by atoms with Gasteiger partial charge in [0.05, 0.1) is 5.54 Å². The third kappa shape index (κ3) is 5.75. The van der Waals surface area contributed by atoms with E-state index in [1.807, 2.05) is 0 Å². The van der Waals surface area contributed by atoms with Crippen molar-refractivity contribution in [2.24, 2.45) is 0 Å². The van der Waals surface area contributed by atoms with Gasteiger partial charge in [-0.25, -0.2) is 0 Å². The second-order valence-corrected chi connectivity index (χ2v) is 16.3. The van der Waals surface area contributed by atoms with Crippen LogP contribution in [0.1, 0.15) is 77.0 Å². The van der Waals surface area contributed by atoms with Crippen molar-refractivity contribution in [2.75, 3.05) is 9.80 Å². The van der Waals surface area contributed by atoms with E-state index in [4.69, 9.17) is 0 Å². The molecule has 2 atom stereocenters. The van der Waals surface area contributed by atoms with Gasteiger partial charge in [-0.15, -0.1) is 0 Å². The lowest BCUT2D eigenvalue weighted by molar-refractivity contribution is 0.195. The van der Waals surface area contributed by atoms with Crippen LogP contribution in [0.25, 0.3) is 22.3 Å². The van der Waals surface area contributed by atoms with E-state index in [2.05, 4.69) is 197 Å². The first kappa shape index (κ1) is 33.1. The van der Waals surface area contributed by atoms with Crippen molar-refractivity contribution < 1.29 is 0 Å². The quantitative estimate of drug-likeness (QED) is 0.175. The van der Waals surface area contributed by atoms with Crippen molar-refractivity contribution in [3.8, 4) is 22.3 Å². The normalized spacial score (nSPS) is 19.8. The van der Waals surface area contributed by atoms with Crippen LogP contribution in [0.3, 0.4) is 0 Å². The smallest absolute Gasteiger partial charge is 0.0517 e. The molecule has 2 aliphatic rings. The Hall–Kier alpha value is -5.08. The van der Waals surface area contributed by atoms with Gasteiger partial charge in [-0.3, -0.25) is 0 Å². The number of anilines is 5. The zero-order chi connectivity index (χ0) is 35.4. The van der Waals surface area contributed by atoms with Crippen LogP contribution in [0, 0.1) is 6.92 Å². The van der Waals surface area contributed by atoms with Gasteiger partial charge in [0.2, 0.25) is 0 Å². The molecule has 1 aliphatic carbocycles.